The Bertz CT molecular complexity index is 386. The summed E-state index contributed by atoms with van der Waals surface area (Å²) in [5.41, 5.74) is 2.60. The van der Waals surface area contributed by atoms with Crippen LogP contribution in [0.15, 0.2) is 18.2 Å². The van der Waals surface area contributed by atoms with Crippen LogP contribution in [0, 0.1) is 12.8 Å². The van der Waals surface area contributed by atoms with E-state index in [4.69, 9.17) is 4.74 Å². The molecule has 1 aromatic carbocycles. The van der Waals surface area contributed by atoms with Crippen LogP contribution in [0.1, 0.15) is 17.2 Å². The summed E-state index contributed by atoms with van der Waals surface area (Å²) in [4.78, 5) is 2.29. The minimum absolute atomic E-state index is 0.436. The normalized spacial score (nSPS) is 17.9. The lowest BCUT2D eigenvalue weighted by atomic mass is 9.86. The largest absolute Gasteiger partial charge is 0.496 e. The van der Waals surface area contributed by atoms with Crippen molar-refractivity contribution in [3.8, 4) is 5.75 Å². The molecule has 0 saturated carbocycles. The molecule has 0 aliphatic carbocycles. The van der Waals surface area contributed by atoms with Crippen LogP contribution in [0.3, 0.4) is 0 Å². The molecule has 0 bridgehead atoms. The van der Waals surface area contributed by atoms with Gasteiger partial charge in [0, 0.05) is 30.6 Å². The predicted octanol–water partition coefficient (Wildman–Crippen LogP) is 1.83. The van der Waals surface area contributed by atoms with Crippen LogP contribution < -0.4 is 10.1 Å². The highest BCUT2D eigenvalue weighted by atomic mass is 16.5. The van der Waals surface area contributed by atoms with Crippen LogP contribution in [-0.2, 0) is 0 Å². The van der Waals surface area contributed by atoms with Crippen molar-refractivity contribution in [2.45, 2.75) is 13.0 Å². The Morgan fingerprint density at radius 2 is 2.06 bits per heavy atom. The van der Waals surface area contributed by atoms with Gasteiger partial charge in [0.15, 0.2) is 0 Å². The third-order valence-electron chi connectivity index (χ3n) is 3.52. The zero-order valence-electron chi connectivity index (χ0n) is 11.2. The van der Waals surface area contributed by atoms with Gasteiger partial charge in [-0.2, -0.15) is 0 Å². The number of rotatable bonds is 4. The Hall–Kier alpha value is -1.06. The lowest BCUT2D eigenvalue weighted by Crippen LogP contribution is -2.48. The first kappa shape index (κ1) is 12.4. The first-order chi connectivity index (χ1) is 8.13. The van der Waals surface area contributed by atoms with Crippen LogP contribution in [0.4, 0.5) is 0 Å². The molecule has 1 atom stereocenters. The van der Waals surface area contributed by atoms with Crippen LogP contribution >= 0.6 is 0 Å². The van der Waals surface area contributed by atoms with Crippen LogP contribution in [0.2, 0.25) is 0 Å². The molecule has 1 heterocycles. The van der Waals surface area contributed by atoms with Gasteiger partial charge in [0.2, 0.25) is 0 Å². The topological polar surface area (TPSA) is 24.5 Å². The van der Waals surface area contributed by atoms with E-state index in [1.807, 2.05) is 0 Å². The van der Waals surface area contributed by atoms with Crippen molar-refractivity contribution < 1.29 is 4.74 Å². The van der Waals surface area contributed by atoms with Crippen molar-refractivity contribution in [1.29, 1.82) is 0 Å². The smallest absolute Gasteiger partial charge is 0.123 e. The Balaban J connectivity index is 2.36. The standard InChI is InChI=1S/C14H22N2O/c1-10-5-6-13(17-4)12(7-10)14(16(2)3)11-8-15-9-11/h5-7,11,14-15H,8-9H2,1-4H3. The van der Waals surface area contributed by atoms with E-state index in [0.29, 0.717) is 12.0 Å². The first-order valence-corrected chi connectivity index (χ1v) is 6.15. The van der Waals surface area contributed by atoms with Gasteiger partial charge in [-0.1, -0.05) is 17.7 Å². The lowest BCUT2D eigenvalue weighted by Gasteiger charge is -2.39. The molecule has 94 valence electrons. The Kier molecular flexibility index (Phi) is 3.69. The summed E-state index contributed by atoms with van der Waals surface area (Å²) in [6, 6.07) is 6.87. The molecule has 1 unspecified atom stereocenters. The molecule has 0 radical (unpaired) electrons. The van der Waals surface area contributed by atoms with Gasteiger partial charge >= 0.3 is 0 Å². The highest BCUT2D eigenvalue weighted by molar-refractivity contribution is 5.39. The summed E-state index contributed by atoms with van der Waals surface area (Å²) in [5, 5.41) is 3.35. The lowest BCUT2D eigenvalue weighted by molar-refractivity contribution is 0.157. The molecule has 1 fully saturated rings. The number of aryl methyl sites for hydroxylation is 1. The second-order valence-electron chi connectivity index (χ2n) is 5.07. The molecular formula is C14H22N2O. The van der Waals surface area contributed by atoms with Crippen LogP contribution in [0.25, 0.3) is 0 Å². The van der Waals surface area contributed by atoms with Gasteiger partial charge in [0.1, 0.15) is 5.75 Å². The average molecular weight is 234 g/mol. The zero-order valence-corrected chi connectivity index (χ0v) is 11.2. The second kappa shape index (κ2) is 5.07. The predicted molar refractivity (Wildman–Crippen MR) is 70.5 cm³/mol. The number of nitrogens with zero attached hydrogens (tertiary/aromatic N) is 1. The highest BCUT2D eigenvalue weighted by Gasteiger charge is 2.31. The molecule has 0 amide bonds. The summed E-state index contributed by atoms with van der Waals surface area (Å²) >= 11 is 0. The third-order valence-corrected chi connectivity index (χ3v) is 3.52. The molecule has 0 aromatic heterocycles. The fraction of sp³-hybridized carbons (Fsp3) is 0.571. The molecule has 17 heavy (non-hydrogen) atoms. The third kappa shape index (κ3) is 2.45. The molecule has 1 aromatic rings. The summed E-state index contributed by atoms with van der Waals surface area (Å²) < 4.78 is 5.50. The highest BCUT2D eigenvalue weighted by Crippen LogP contribution is 2.35. The summed E-state index contributed by atoms with van der Waals surface area (Å²) in [5.74, 6) is 1.68. The van der Waals surface area contributed by atoms with E-state index in [2.05, 4.69) is 49.4 Å². The van der Waals surface area contributed by atoms with Crippen LogP contribution in [-0.4, -0.2) is 39.2 Å². The number of nitrogens with one attached hydrogen (secondary N) is 1. The molecule has 0 spiro atoms. The summed E-state index contributed by atoms with van der Waals surface area (Å²) in [7, 11) is 6.04. The van der Waals surface area contributed by atoms with E-state index in [9.17, 15) is 0 Å². The zero-order chi connectivity index (χ0) is 12.4. The molecule has 1 aliphatic heterocycles. The maximum atomic E-state index is 5.50. The summed E-state index contributed by atoms with van der Waals surface area (Å²) in [6.45, 7) is 4.33. The Morgan fingerprint density at radius 1 is 1.35 bits per heavy atom. The van der Waals surface area contributed by atoms with Gasteiger partial charge in [-0.15, -0.1) is 0 Å². The van der Waals surface area contributed by atoms with Gasteiger partial charge in [-0.25, -0.2) is 0 Å². The quantitative estimate of drug-likeness (QED) is 0.860. The van der Waals surface area contributed by atoms with Gasteiger partial charge in [-0.3, -0.25) is 0 Å². The minimum atomic E-state index is 0.436. The Labute approximate surface area is 104 Å². The van der Waals surface area contributed by atoms with Gasteiger partial charge in [-0.05, 0) is 27.1 Å². The van der Waals surface area contributed by atoms with Crippen molar-refractivity contribution in [3.63, 3.8) is 0 Å². The van der Waals surface area contributed by atoms with Crippen molar-refractivity contribution in [2.24, 2.45) is 5.92 Å². The van der Waals surface area contributed by atoms with Gasteiger partial charge in [0.25, 0.3) is 0 Å². The van der Waals surface area contributed by atoms with E-state index in [-0.39, 0.29) is 0 Å². The van der Waals surface area contributed by atoms with E-state index in [1.54, 1.807) is 7.11 Å². The monoisotopic (exact) mass is 234 g/mol. The molecule has 1 aliphatic rings. The number of hydrogen-bond acceptors (Lipinski definition) is 3. The molecule has 2 rings (SSSR count). The fourth-order valence-corrected chi connectivity index (χ4v) is 2.57. The maximum Gasteiger partial charge on any atom is 0.123 e. The van der Waals surface area contributed by atoms with E-state index >= 15 is 0 Å². The first-order valence-electron chi connectivity index (χ1n) is 6.15. The van der Waals surface area contributed by atoms with Gasteiger partial charge < -0.3 is 15.0 Å². The molecule has 1 saturated heterocycles. The Morgan fingerprint density at radius 3 is 2.53 bits per heavy atom. The maximum absolute atomic E-state index is 5.50. The number of methoxy groups -OCH3 is 1. The number of ether oxygens (including phenoxy) is 1. The van der Waals surface area contributed by atoms with Crippen molar-refractivity contribution in [1.82, 2.24) is 10.2 Å². The average Bonchev–Trinajstić information content (AvgIpc) is 2.22. The van der Waals surface area contributed by atoms with Crippen molar-refractivity contribution in [2.75, 3.05) is 34.3 Å². The number of benzene rings is 1. The second-order valence-corrected chi connectivity index (χ2v) is 5.07. The van der Waals surface area contributed by atoms with Crippen LogP contribution in [0.5, 0.6) is 5.75 Å². The van der Waals surface area contributed by atoms with E-state index in [1.165, 1.54) is 11.1 Å². The molecule has 1 N–H and O–H groups in total. The SMILES string of the molecule is COc1ccc(C)cc1C(C1CNC1)N(C)C. The molecule has 3 heteroatoms. The molecule has 3 nitrogen and oxygen atoms in total. The summed E-state index contributed by atoms with van der Waals surface area (Å²) in [6.07, 6.45) is 0. The minimum Gasteiger partial charge on any atom is -0.496 e. The van der Waals surface area contributed by atoms with Crippen molar-refractivity contribution >= 4 is 0 Å². The molecular weight excluding hydrogens is 212 g/mol. The fourth-order valence-electron chi connectivity index (χ4n) is 2.57. The van der Waals surface area contributed by atoms with E-state index in [0.717, 1.165) is 18.8 Å². The van der Waals surface area contributed by atoms with Crippen molar-refractivity contribution in [3.05, 3.63) is 29.3 Å². The van der Waals surface area contributed by atoms with Gasteiger partial charge in [0.05, 0.1) is 7.11 Å². The number of hydrogen-bond donors (Lipinski definition) is 1. The van der Waals surface area contributed by atoms with E-state index < -0.39 is 0 Å².